The molecule has 2 rings (SSSR count). The molecule has 0 bridgehead atoms. The van der Waals surface area contributed by atoms with E-state index in [2.05, 4.69) is 5.10 Å². The van der Waals surface area contributed by atoms with Gasteiger partial charge in [-0.25, -0.2) is 4.68 Å². The van der Waals surface area contributed by atoms with Crippen LogP contribution in [-0.2, 0) is 0 Å². The number of carbonyl (C=O) groups is 1. The van der Waals surface area contributed by atoms with Gasteiger partial charge in [0.15, 0.2) is 5.69 Å². The third kappa shape index (κ3) is 3.07. The first kappa shape index (κ1) is 14.7. The van der Waals surface area contributed by atoms with Gasteiger partial charge in [-0.3, -0.25) is 14.9 Å². The van der Waals surface area contributed by atoms with Crippen LogP contribution in [0.4, 0.5) is 5.69 Å². The van der Waals surface area contributed by atoms with Gasteiger partial charge in [-0.1, -0.05) is 0 Å². The Morgan fingerprint density at radius 3 is 2.38 bits per heavy atom. The second-order valence-electron chi connectivity index (χ2n) is 4.40. The van der Waals surface area contributed by atoms with Crippen molar-refractivity contribution in [3.8, 4) is 5.69 Å². The molecule has 0 aliphatic carbocycles. The minimum atomic E-state index is -0.456. The van der Waals surface area contributed by atoms with E-state index in [1.807, 2.05) is 13.8 Å². The fourth-order valence-corrected chi connectivity index (χ4v) is 1.98. The van der Waals surface area contributed by atoms with Gasteiger partial charge in [0, 0.05) is 31.4 Å². The minimum Gasteiger partial charge on any atom is -0.338 e. The Bertz CT molecular complexity index is 644. The molecule has 1 aromatic heterocycles. The molecule has 0 spiro atoms. The van der Waals surface area contributed by atoms with Crippen molar-refractivity contribution >= 4 is 11.6 Å². The first-order valence-electron chi connectivity index (χ1n) is 6.66. The molecular weight excluding hydrogens is 272 g/mol. The van der Waals surface area contributed by atoms with Crippen LogP contribution in [0.1, 0.15) is 24.3 Å². The number of aromatic nitrogens is 2. The summed E-state index contributed by atoms with van der Waals surface area (Å²) in [5.74, 6) is -0.124. The van der Waals surface area contributed by atoms with Crippen LogP contribution in [-0.4, -0.2) is 38.6 Å². The van der Waals surface area contributed by atoms with E-state index in [-0.39, 0.29) is 11.6 Å². The highest BCUT2D eigenvalue weighted by Crippen LogP contribution is 2.15. The lowest BCUT2D eigenvalue weighted by Gasteiger charge is -2.16. The zero-order chi connectivity index (χ0) is 15.4. The largest absolute Gasteiger partial charge is 0.338 e. The Balaban J connectivity index is 2.23. The molecule has 1 amide bonds. The second kappa shape index (κ2) is 6.17. The molecule has 1 aromatic carbocycles. The number of nitro groups is 1. The lowest BCUT2D eigenvalue weighted by Crippen LogP contribution is -2.30. The molecule has 0 saturated heterocycles. The average Bonchev–Trinajstić information content (AvgIpc) is 2.98. The van der Waals surface area contributed by atoms with Gasteiger partial charge in [0.05, 0.1) is 10.6 Å². The van der Waals surface area contributed by atoms with Crippen LogP contribution in [0.3, 0.4) is 0 Å². The smallest absolute Gasteiger partial charge is 0.274 e. The zero-order valence-corrected chi connectivity index (χ0v) is 11.9. The van der Waals surface area contributed by atoms with Crippen LogP contribution in [0.15, 0.2) is 36.5 Å². The highest BCUT2D eigenvalue weighted by atomic mass is 16.6. The molecule has 0 unspecified atom stereocenters. The van der Waals surface area contributed by atoms with Crippen LogP contribution in [0.25, 0.3) is 5.69 Å². The molecule has 7 heteroatoms. The summed E-state index contributed by atoms with van der Waals surface area (Å²) < 4.78 is 1.53. The minimum absolute atomic E-state index is 0.0188. The quantitative estimate of drug-likeness (QED) is 0.624. The standard InChI is InChI=1S/C14H16N4O3/c1-3-16(4-2)14(19)13-9-10-17(15-13)11-5-7-12(8-6-11)18(20)21/h5-10H,3-4H2,1-2H3. The van der Waals surface area contributed by atoms with Gasteiger partial charge in [0.2, 0.25) is 0 Å². The second-order valence-corrected chi connectivity index (χ2v) is 4.40. The molecule has 21 heavy (non-hydrogen) atoms. The molecule has 0 N–H and O–H groups in total. The van der Waals surface area contributed by atoms with E-state index in [0.717, 1.165) is 0 Å². The first-order chi connectivity index (χ1) is 10.1. The molecule has 1 heterocycles. The highest BCUT2D eigenvalue weighted by Gasteiger charge is 2.15. The van der Waals surface area contributed by atoms with Crippen molar-refractivity contribution < 1.29 is 9.72 Å². The molecule has 0 aliphatic heterocycles. The van der Waals surface area contributed by atoms with Crippen molar-refractivity contribution in [1.29, 1.82) is 0 Å². The van der Waals surface area contributed by atoms with E-state index in [4.69, 9.17) is 0 Å². The summed E-state index contributed by atoms with van der Waals surface area (Å²) in [7, 11) is 0. The number of carbonyl (C=O) groups excluding carboxylic acids is 1. The van der Waals surface area contributed by atoms with Gasteiger partial charge in [-0.2, -0.15) is 5.10 Å². The maximum atomic E-state index is 12.2. The van der Waals surface area contributed by atoms with E-state index < -0.39 is 4.92 Å². The van der Waals surface area contributed by atoms with Gasteiger partial charge in [-0.05, 0) is 32.0 Å². The molecule has 0 fully saturated rings. The number of amides is 1. The summed E-state index contributed by atoms with van der Waals surface area (Å²) in [6.07, 6.45) is 1.66. The molecule has 0 atom stereocenters. The van der Waals surface area contributed by atoms with Crippen molar-refractivity contribution in [2.75, 3.05) is 13.1 Å². The highest BCUT2D eigenvalue weighted by molar-refractivity contribution is 5.92. The van der Waals surface area contributed by atoms with Gasteiger partial charge in [0.1, 0.15) is 0 Å². The lowest BCUT2D eigenvalue weighted by molar-refractivity contribution is -0.384. The Kier molecular flexibility index (Phi) is 4.32. The molecule has 0 saturated carbocycles. The van der Waals surface area contributed by atoms with Gasteiger partial charge >= 0.3 is 0 Å². The number of rotatable bonds is 5. The molecule has 110 valence electrons. The SMILES string of the molecule is CCN(CC)C(=O)c1ccn(-c2ccc([N+](=O)[O-])cc2)n1. The number of benzene rings is 1. The van der Waals surface area contributed by atoms with Crippen LogP contribution < -0.4 is 0 Å². The number of nitro benzene ring substituents is 1. The van der Waals surface area contributed by atoms with E-state index in [1.165, 1.54) is 16.8 Å². The Morgan fingerprint density at radius 2 is 1.86 bits per heavy atom. The third-order valence-electron chi connectivity index (χ3n) is 3.18. The van der Waals surface area contributed by atoms with E-state index in [1.54, 1.807) is 29.3 Å². The summed E-state index contributed by atoms with van der Waals surface area (Å²) in [4.78, 5) is 24.0. The fourth-order valence-electron chi connectivity index (χ4n) is 1.98. The zero-order valence-electron chi connectivity index (χ0n) is 11.9. The van der Waals surface area contributed by atoms with Crippen molar-refractivity contribution in [1.82, 2.24) is 14.7 Å². The number of hydrogen-bond donors (Lipinski definition) is 0. The summed E-state index contributed by atoms with van der Waals surface area (Å²) in [5, 5.41) is 14.8. The predicted octanol–water partition coefficient (Wildman–Crippen LogP) is 2.26. The van der Waals surface area contributed by atoms with Gasteiger partial charge in [-0.15, -0.1) is 0 Å². The van der Waals surface area contributed by atoms with E-state index in [9.17, 15) is 14.9 Å². The Labute approximate surface area is 121 Å². The first-order valence-corrected chi connectivity index (χ1v) is 6.66. The molecule has 2 aromatic rings. The summed E-state index contributed by atoms with van der Waals surface area (Å²) in [6.45, 7) is 5.07. The molecule has 0 radical (unpaired) electrons. The number of hydrogen-bond acceptors (Lipinski definition) is 4. The number of nitrogens with zero attached hydrogens (tertiary/aromatic N) is 4. The van der Waals surface area contributed by atoms with Crippen LogP contribution in [0.2, 0.25) is 0 Å². The van der Waals surface area contributed by atoms with E-state index in [0.29, 0.717) is 24.5 Å². The van der Waals surface area contributed by atoms with Gasteiger partial charge < -0.3 is 4.90 Å². The van der Waals surface area contributed by atoms with Crippen LogP contribution in [0.5, 0.6) is 0 Å². The number of non-ortho nitro benzene ring substituents is 1. The lowest BCUT2D eigenvalue weighted by atomic mass is 10.3. The summed E-state index contributed by atoms with van der Waals surface area (Å²) >= 11 is 0. The molecular formula is C14H16N4O3. The maximum absolute atomic E-state index is 12.2. The van der Waals surface area contributed by atoms with Crippen LogP contribution in [0, 0.1) is 10.1 Å². The third-order valence-corrected chi connectivity index (χ3v) is 3.18. The van der Waals surface area contributed by atoms with E-state index >= 15 is 0 Å². The van der Waals surface area contributed by atoms with Crippen molar-refractivity contribution in [3.05, 3.63) is 52.3 Å². The van der Waals surface area contributed by atoms with Gasteiger partial charge in [0.25, 0.3) is 11.6 Å². The normalized spacial score (nSPS) is 10.4. The van der Waals surface area contributed by atoms with Crippen molar-refractivity contribution in [2.45, 2.75) is 13.8 Å². The van der Waals surface area contributed by atoms with Crippen molar-refractivity contribution in [3.63, 3.8) is 0 Å². The van der Waals surface area contributed by atoms with Crippen molar-refractivity contribution in [2.24, 2.45) is 0 Å². The Hall–Kier alpha value is -2.70. The predicted molar refractivity (Wildman–Crippen MR) is 77.5 cm³/mol. The average molecular weight is 288 g/mol. The topological polar surface area (TPSA) is 81.3 Å². The summed E-state index contributed by atoms with van der Waals surface area (Å²) in [5.41, 5.74) is 1.04. The maximum Gasteiger partial charge on any atom is 0.274 e. The summed E-state index contributed by atoms with van der Waals surface area (Å²) in [6, 6.07) is 7.64. The molecule has 7 nitrogen and oxygen atoms in total. The molecule has 0 aliphatic rings. The monoisotopic (exact) mass is 288 g/mol. The van der Waals surface area contributed by atoms with Crippen LogP contribution >= 0.6 is 0 Å². The fraction of sp³-hybridized carbons (Fsp3) is 0.286. The Morgan fingerprint density at radius 1 is 1.24 bits per heavy atom.